The van der Waals surface area contributed by atoms with E-state index in [1.165, 1.54) is 12.1 Å². The van der Waals surface area contributed by atoms with Gasteiger partial charge in [-0.2, -0.15) is 0 Å². The molecular formula is C11H12ClFN2O2. The van der Waals surface area contributed by atoms with Crippen molar-refractivity contribution in [1.82, 2.24) is 5.32 Å². The van der Waals surface area contributed by atoms with E-state index in [0.717, 1.165) is 12.5 Å². The molecule has 0 fully saturated rings. The molecule has 4 nitrogen and oxygen atoms in total. The fourth-order valence-corrected chi connectivity index (χ4v) is 1.26. The molecule has 2 amide bonds. The molecule has 92 valence electrons. The van der Waals surface area contributed by atoms with Gasteiger partial charge in [-0.1, -0.05) is 18.5 Å². The van der Waals surface area contributed by atoms with Gasteiger partial charge in [0.05, 0.1) is 5.02 Å². The molecule has 0 aliphatic carbocycles. The average molecular weight is 259 g/mol. The van der Waals surface area contributed by atoms with E-state index in [4.69, 9.17) is 11.6 Å². The first-order valence-electron chi connectivity index (χ1n) is 5.08. The summed E-state index contributed by atoms with van der Waals surface area (Å²) in [6.45, 7) is 2.30. The van der Waals surface area contributed by atoms with Crippen molar-refractivity contribution in [3.63, 3.8) is 0 Å². The highest BCUT2D eigenvalue weighted by Gasteiger charge is 2.13. The molecule has 0 bridgehead atoms. The first-order chi connectivity index (χ1) is 8.04. The molecule has 0 aliphatic rings. The first-order valence-corrected chi connectivity index (χ1v) is 5.46. The van der Waals surface area contributed by atoms with Gasteiger partial charge < -0.3 is 10.6 Å². The number of rotatable bonds is 3. The van der Waals surface area contributed by atoms with E-state index in [2.05, 4.69) is 10.6 Å². The number of halogens is 2. The molecule has 0 aliphatic heterocycles. The fourth-order valence-electron chi connectivity index (χ4n) is 1.08. The minimum absolute atomic E-state index is 0.114. The molecule has 0 saturated carbocycles. The second kappa shape index (κ2) is 6.20. The summed E-state index contributed by atoms with van der Waals surface area (Å²) in [5.41, 5.74) is 0.271. The van der Waals surface area contributed by atoms with E-state index < -0.39 is 17.6 Å². The minimum atomic E-state index is -0.805. The molecule has 0 spiro atoms. The van der Waals surface area contributed by atoms with Crippen LogP contribution in [-0.4, -0.2) is 18.4 Å². The van der Waals surface area contributed by atoms with E-state index in [9.17, 15) is 14.0 Å². The van der Waals surface area contributed by atoms with Crippen LogP contribution in [-0.2, 0) is 9.59 Å². The normalized spacial score (nSPS) is 9.82. The summed E-state index contributed by atoms with van der Waals surface area (Å²) in [7, 11) is 0. The molecule has 0 radical (unpaired) electrons. The highest BCUT2D eigenvalue weighted by molar-refractivity contribution is 6.39. The maximum Gasteiger partial charge on any atom is 0.313 e. The molecule has 0 heterocycles. The summed E-state index contributed by atoms with van der Waals surface area (Å²) in [6, 6.07) is 3.68. The van der Waals surface area contributed by atoms with Crippen LogP contribution < -0.4 is 10.6 Å². The minimum Gasteiger partial charge on any atom is -0.348 e. The van der Waals surface area contributed by atoms with Crippen LogP contribution in [0.4, 0.5) is 10.1 Å². The molecule has 0 atom stereocenters. The van der Waals surface area contributed by atoms with Gasteiger partial charge in [-0.3, -0.25) is 9.59 Å². The summed E-state index contributed by atoms with van der Waals surface area (Å²) >= 11 is 5.53. The Labute approximate surface area is 103 Å². The Hall–Kier alpha value is -1.62. The molecule has 0 unspecified atom stereocenters. The Morgan fingerprint density at radius 2 is 2.06 bits per heavy atom. The zero-order valence-electron chi connectivity index (χ0n) is 9.22. The molecule has 1 aromatic rings. The van der Waals surface area contributed by atoms with Crippen molar-refractivity contribution in [2.24, 2.45) is 0 Å². The van der Waals surface area contributed by atoms with Gasteiger partial charge >= 0.3 is 11.8 Å². The number of carbonyl (C=O) groups is 2. The third kappa shape index (κ3) is 4.03. The summed E-state index contributed by atoms with van der Waals surface area (Å²) in [5.74, 6) is -2.12. The first kappa shape index (κ1) is 13.4. The van der Waals surface area contributed by atoms with Crippen molar-refractivity contribution in [2.75, 3.05) is 11.9 Å². The summed E-state index contributed by atoms with van der Waals surface area (Å²) < 4.78 is 12.8. The third-order valence-electron chi connectivity index (χ3n) is 1.92. The van der Waals surface area contributed by atoms with Gasteiger partial charge in [-0.05, 0) is 24.6 Å². The monoisotopic (exact) mass is 258 g/mol. The maximum atomic E-state index is 12.8. The van der Waals surface area contributed by atoms with Crippen molar-refractivity contribution in [2.45, 2.75) is 13.3 Å². The highest BCUT2D eigenvalue weighted by atomic mass is 35.5. The van der Waals surface area contributed by atoms with Gasteiger partial charge in [0, 0.05) is 12.2 Å². The SMILES string of the molecule is CCCNC(=O)C(=O)Nc1ccc(F)c(Cl)c1. The lowest BCUT2D eigenvalue weighted by Crippen LogP contribution is -2.35. The van der Waals surface area contributed by atoms with Gasteiger partial charge in [-0.25, -0.2) is 4.39 Å². The van der Waals surface area contributed by atoms with Crippen LogP contribution >= 0.6 is 11.6 Å². The van der Waals surface area contributed by atoms with Crippen LogP contribution in [0, 0.1) is 5.82 Å². The number of benzene rings is 1. The van der Waals surface area contributed by atoms with Crippen molar-refractivity contribution in [3.05, 3.63) is 29.0 Å². The molecule has 6 heteroatoms. The van der Waals surface area contributed by atoms with Crippen molar-refractivity contribution < 1.29 is 14.0 Å². The zero-order chi connectivity index (χ0) is 12.8. The lowest BCUT2D eigenvalue weighted by Gasteiger charge is -2.06. The van der Waals surface area contributed by atoms with E-state index in [1.54, 1.807) is 0 Å². The zero-order valence-corrected chi connectivity index (χ0v) is 9.97. The van der Waals surface area contributed by atoms with Gasteiger partial charge in [0.25, 0.3) is 0 Å². The molecule has 2 N–H and O–H groups in total. The van der Waals surface area contributed by atoms with E-state index in [1.807, 2.05) is 6.92 Å². The lowest BCUT2D eigenvalue weighted by atomic mass is 10.3. The molecule has 0 aromatic heterocycles. The largest absolute Gasteiger partial charge is 0.348 e. The summed E-state index contributed by atoms with van der Waals surface area (Å²) in [4.78, 5) is 22.6. The van der Waals surface area contributed by atoms with Gasteiger partial charge in [-0.15, -0.1) is 0 Å². The Morgan fingerprint density at radius 3 is 2.65 bits per heavy atom. The number of amides is 2. The number of carbonyl (C=O) groups excluding carboxylic acids is 2. The Kier molecular flexibility index (Phi) is 4.90. The molecule has 0 saturated heterocycles. The number of anilines is 1. The Morgan fingerprint density at radius 1 is 1.35 bits per heavy atom. The average Bonchev–Trinajstić information content (AvgIpc) is 2.30. The fraction of sp³-hybridized carbons (Fsp3) is 0.273. The smallest absolute Gasteiger partial charge is 0.313 e. The third-order valence-corrected chi connectivity index (χ3v) is 2.21. The van der Waals surface area contributed by atoms with E-state index in [-0.39, 0.29) is 10.7 Å². The number of hydrogen-bond donors (Lipinski definition) is 2. The topological polar surface area (TPSA) is 58.2 Å². The molecule has 17 heavy (non-hydrogen) atoms. The van der Waals surface area contributed by atoms with E-state index in [0.29, 0.717) is 6.54 Å². The molecule has 1 rings (SSSR count). The second-order valence-corrected chi connectivity index (χ2v) is 3.75. The van der Waals surface area contributed by atoms with Crippen LogP contribution in [0.3, 0.4) is 0 Å². The standard InChI is InChI=1S/C11H12ClFN2O2/c1-2-5-14-10(16)11(17)15-7-3-4-9(13)8(12)6-7/h3-4,6H,2,5H2,1H3,(H,14,16)(H,15,17). The summed E-state index contributed by atoms with van der Waals surface area (Å²) in [6.07, 6.45) is 0.737. The highest BCUT2D eigenvalue weighted by Crippen LogP contribution is 2.19. The molecule has 1 aromatic carbocycles. The van der Waals surface area contributed by atoms with Crippen molar-refractivity contribution in [3.8, 4) is 0 Å². The number of hydrogen-bond acceptors (Lipinski definition) is 2. The van der Waals surface area contributed by atoms with Crippen LogP contribution in [0.1, 0.15) is 13.3 Å². The summed E-state index contributed by atoms with van der Waals surface area (Å²) in [5, 5.41) is 4.62. The quantitative estimate of drug-likeness (QED) is 0.814. The van der Waals surface area contributed by atoms with Crippen molar-refractivity contribution >= 4 is 29.1 Å². The van der Waals surface area contributed by atoms with E-state index >= 15 is 0 Å². The molecular weight excluding hydrogens is 247 g/mol. The number of nitrogens with one attached hydrogen (secondary N) is 2. The predicted octanol–water partition coefficient (Wildman–Crippen LogP) is 1.94. The van der Waals surface area contributed by atoms with Gasteiger partial charge in [0.2, 0.25) is 0 Å². The van der Waals surface area contributed by atoms with Crippen LogP contribution in [0.5, 0.6) is 0 Å². The van der Waals surface area contributed by atoms with Crippen LogP contribution in [0.2, 0.25) is 5.02 Å². The predicted molar refractivity (Wildman–Crippen MR) is 63.3 cm³/mol. The van der Waals surface area contributed by atoms with Crippen LogP contribution in [0.15, 0.2) is 18.2 Å². The van der Waals surface area contributed by atoms with Crippen LogP contribution in [0.25, 0.3) is 0 Å². The Balaban J connectivity index is 2.61. The second-order valence-electron chi connectivity index (χ2n) is 3.34. The Bertz CT molecular complexity index is 437. The van der Waals surface area contributed by atoms with Gasteiger partial charge in [0.1, 0.15) is 5.82 Å². The lowest BCUT2D eigenvalue weighted by molar-refractivity contribution is -0.136. The maximum absolute atomic E-state index is 12.8. The van der Waals surface area contributed by atoms with Gasteiger partial charge in [0.15, 0.2) is 0 Å². The van der Waals surface area contributed by atoms with Crippen molar-refractivity contribution in [1.29, 1.82) is 0 Å².